The van der Waals surface area contributed by atoms with E-state index in [9.17, 15) is 14.7 Å². The standard InChI is InChI=1S/C26H14ClFN2O4S/c27-14-9-10-17-20(12-14)35-26(29-17)30-22(15-6-2-3-7-16(15)28)21(24(32)25(30)33)23(31)19-11-13-5-1-4-8-18(13)34-19/h1-12,22,32H. The third-order valence-corrected chi connectivity index (χ3v) is 7.10. The Morgan fingerprint density at radius 3 is 2.66 bits per heavy atom. The molecule has 172 valence electrons. The van der Waals surface area contributed by atoms with Crippen LogP contribution in [0.2, 0.25) is 5.02 Å². The topological polar surface area (TPSA) is 83.6 Å². The Balaban J connectivity index is 1.53. The Labute approximate surface area is 206 Å². The molecule has 0 bridgehead atoms. The van der Waals surface area contributed by atoms with Crippen LogP contribution in [-0.4, -0.2) is 21.8 Å². The van der Waals surface area contributed by atoms with Gasteiger partial charge >= 0.3 is 0 Å². The quantitative estimate of drug-likeness (QED) is 0.278. The SMILES string of the molecule is O=C(C1=C(O)C(=O)N(c2nc3ccc(Cl)cc3s2)C1c1ccccc1F)c1cc2ccccc2o1. The highest BCUT2D eigenvalue weighted by molar-refractivity contribution is 7.22. The number of hydrogen-bond donors (Lipinski definition) is 1. The number of aliphatic hydroxyl groups is 1. The van der Waals surface area contributed by atoms with E-state index < -0.39 is 29.3 Å². The first kappa shape index (κ1) is 21.5. The van der Waals surface area contributed by atoms with Gasteiger partial charge in [0.05, 0.1) is 15.8 Å². The van der Waals surface area contributed by atoms with Gasteiger partial charge in [0, 0.05) is 16.0 Å². The van der Waals surface area contributed by atoms with Crippen LogP contribution in [-0.2, 0) is 4.79 Å². The van der Waals surface area contributed by atoms with Gasteiger partial charge in [-0.25, -0.2) is 9.37 Å². The molecular formula is C26H14ClFN2O4S. The van der Waals surface area contributed by atoms with Crippen LogP contribution in [0.1, 0.15) is 22.2 Å². The number of fused-ring (bicyclic) bond motifs is 2. The van der Waals surface area contributed by atoms with Crippen LogP contribution >= 0.6 is 22.9 Å². The molecule has 0 aliphatic carbocycles. The van der Waals surface area contributed by atoms with Crippen LogP contribution in [0.15, 0.2) is 88.5 Å². The van der Waals surface area contributed by atoms with Crippen molar-refractivity contribution in [3.05, 3.63) is 106 Å². The highest BCUT2D eigenvalue weighted by Crippen LogP contribution is 2.45. The largest absolute Gasteiger partial charge is 0.503 e. The molecule has 2 aromatic heterocycles. The van der Waals surface area contributed by atoms with Gasteiger partial charge in [-0.15, -0.1) is 0 Å². The molecule has 1 amide bonds. The lowest BCUT2D eigenvalue weighted by Crippen LogP contribution is -2.31. The number of hydrogen-bond acceptors (Lipinski definition) is 6. The molecule has 6 rings (SSSR count). The molecule has 0 saturated heterocycles. The van der Waals surface area contributed by atoms with E-state index in [1.54, 1.807) is 48.5 Å². The monoisotopic (exact) mass is 504 g/mol. The summed E-state index contributed by atoms with van der Waals surface area (Å²) in [6, 6.07) is 18.2. The fourth-order valence-electron chi connectivity index (χ4n) is 4.24. The zero-order valence-electron chi connectivity index (χ0n) is 17.7. The van der Waals surface area contributed by atoms with Crippen molar-refractivity contribution in [2.75, 3.05) is 4.90 Å². The maximum Gasteiger partial charge on any atom is 0.296 e. The zero-order chi connectivity index (χ0) is 24.3. The fourth-order valence-corrected chi connectivity index (χ4v) is 5.51. The number of nitrogens with zero attached hydrogens (tertiary/aromatic N) is 2. The maximum atomic E-state index is 15.0. The predicted octanol–water partition coefficient (Wildman–Crippen LogP) is 6.62. The Kier molecular flexibility index (Phi) is 4.94. The van der Waals surface area contributed by atoms with Gasteiger partial charge in [0.2, 0.25) is 5.78 Å². The van der Waals surface area contributed by atoms with Crippen molar-refractivity contribution in [1.29, 1.82) is 0 Å². The third-order valence-electron chi connectivity index (χ3n) is 5.85. The molecule has 35 heavy (non-hydrogen) atoms. The average Bonchev–Trinajstić information content (AvgIpc) is 3.53. The number of rotatable bonds is 4. The number of aromatic nitrogens is 1. The molecule has 0 saturated carbocycles. The number of para-hydroxylation sites is 1. The van der Waals surface area contributed by atoms with Crippen LogP contribution in [0.3, 0.4) is 0 Å². The number of furan rings is 1. The number of thiazole rings is 1. The molecule has 3 aromatic carbocycles. The van der Waals surface area contributed by atoms with Gasteiger partial charge in [0.15, 0.2) is 16.7 Å². The summed E-state index contributed by atoms with van der Waals surface area (Å²) >= 11 is 7.24. The molecule has 5 aromatic rings. The molecule has 1 N–H and O–H groups in total. The summed E-state index contributed by atoms with van der Waals surface area (Å²) in [7, 11) is 0. The van der Waals surface area contributed by atoms with E-state index in [4.69, 9.17) is 16.0 Å². The predicted molar refractivity (Wildman–Crippen MR) is 131 cm³/mol. The van der Waals surface area contributed by atoms with Gasteiger partial charge in [-0.2, -0.15) is 0 Å². The van der Waals surface area contributed by atoms with Crippen LogP contribution < -0.4 is 4.90 Å². The fraction of sp³-hybridized carbons (Fsp3) is 0.0385. The second-order valence-corrected chi connectivity index (χ2v) is 9.39. The van der Waals surface area contributed by atoms with Crippen molar-refractivity contribution in [1.82, 2.24) is 4.98 Å². The van der Waals surface area contributed by atoms with Gasteiger partial charge in [0.1, 0.15) is 17.4 Å². The first-order chi connectivity index (χ1) is 16.9. The first-order valence-electron chi connectivity index (χ1n) is 10.5. The van der Waals surface area contributed by atoms with Crippen LogP contribution in [0.4, 0.5) is 9.52 Å². The highest BCUT2D eigenvalue weighted by atomic mass is 35.5. The second kappa shape index (κ2) is 8.04. The van der Waals surface area contributed by atoms with Crippen molar-refractivity contribution in [3.8, 4) is 0 Å². The summed E-state index contributed by atoms with van der Waals surface area (Å²) < 4.78 is 21.4. The minimum Gasteiger partial charge on any atom is -0.503 e. The van der Waals surface area contributed by atoms with Crippen LogP contribution in [0.5, 0.6) is 0 Å². The lowest BCUT2D eigenvalue weighted by Gasteiger charge is -2.24. The average molecular weight is 505 g/mol. The minimum absolute atomic E-state index is 0.0432. The van der Waals surface area contributed by atoms with Gasteiger partial charge in [-0.1, -0.05) is 59.3 Å². The second-order valence-electron chi connectivity index (χ2n) is 7.95. The van der Waals surface area contributed by atoms with E-state index in [1.807, 2.05) is 0 Å². The number of amides is 1. The molecule has 6 nitrogen and oxygen atoms in total. The number of aliphatic hydroxyl groups excluding tert-OH is 1. The zero-order valence-corrected chi connectivity index (χ0v) is 19.3. The molecule has 1 atom stereocenters. The van der Waals surface area contributed by atoms with Crippen molar-refractivity contribution in [3.63, 3.8) is 0 Å². The molecule has 0 radical (unpaired) electrons. The van der Waals surface area contributed by atoms with Crippen molar-refractivity contribution < 1.29 is 23.5 Å². The highest BCUT2D eigenvalue weighted by Gasteiger charge is 2.47. The van der Waals surface area contributed by atoms with Crippen molar-refractivity contribution in [2.45, 2.75) is 6.04 Å². The van der Waals surface area contributed by atoms with E-state index in [0.29, 0.717) is 26.2 Å². The molecule has 1 unspecified atom stereocenters. The van der Waals surface area contributed by atoms with Gasteiger partial charge in [-0.3, -0.25) is 14.5 Å². The Morgan fingerprint density at radius 2 is 1.86 bits per heavy atom. The van der Waals surface area contributed by atoms with E-state index in [1.165, 1.54) is 24.3 Å². The summed E-state index contributed by atoms with van der Waals surface area (Å²) in [4.78, 5) is 32.6. The number of carbonyl (C=O) groups is 2. The van der Waals surface area contributed by atoms with Gasteiger partial charge in [-0.05, 0) is 36.4 Å². The molecule has 9 heteroatoms. The minimum atomic E-state index is -1.25. The number of anilines is 1. The van der Waals surface area contributed by atoms with Crippen molar-refractivity contribution >= 4 is 60.9 Å². The number of benzene rings is 3. The smallest absolute Gasteiger partial charge is 0.296 e. The maximum absolute atomic E-state index is 15.0. The molecule has 3 heterocycles. The lowest BCUT2D eigenvalue weighted by molar-refractivity contribution is -0.117. The molecule has 1 aliphatic rings. The Morgan fingerprint density at radius 1 is 1.09 bits per heavy atom. The molecule has 0 fully saturated rings. The normalized spacial score (nSPS) is 16.1. The van der Waals surface area contributed by atoms with E-state index in [2.05, 4.69) is 4.98 Å². The molecule has 0 spiro atoms. The third kappa shape index (κ3) is 3.41. The van der Waals surface area contributed by atoms with E-state index in [0.717, 1.165) is 16.2 Å². The molecule has 1 aliphatic heterocycles. The Hall–Kier alpha value is -4.01. The van der Waals surface area contributed by atoms with Crippen LogP contribution in [0.25, 0.3) is 21.2 Å². The summed E-state index contributed by atoms with van der Waals surface area (Å²) in [6.07, 6.45) is 0. The summed E-state index contributed by atoms with van der Waals surface area (Å²) in [5, 5.41) is 12.3. The van der Waals surface area contributed by atoms with E-state index >= 15 is 4.39 Å². The number of halogens is 2. The number of ketones is 1. The first-order valence-corrected chi connectivity index (χ1v) is 11.7. The lowest BCUT2D eigenvalue weighted by atomic mass is 9.95. The van der Waals surface area contributed by atoms with Gasteiger partial charge in [0.25, 0.3) is 5.91 Å². The van der Waals surface area contributed by atoms with E-state index in [-0.39, 0.29) is 22.0 Å². The number of Topliss-reactive ketones (excluding diaryl/α,β-unsaturated/α-hetero) is 1. The molecular weight excluding hydrogens is 491 g/mol. The number of carbonyl (C=O) groups excluding carboxylic acids is 2. The Bertz CT molecular complexity index is 1670. The van der Waals surface area contributed by atoms with Crippen LogP contribution in [0, 0.1) is 5.82 Å². The summed E-state index contributed by atoms with van der Waals surface area (Å²) in [5.41, 5.74) is 0.812. The van der Waals surface area contributed by atoms with Gasteiger partial charge < -0.3 is 9.52 Å². The summed E-state index contributed by atoms with van der Waals surface area (Å²) in [6.45, 7) is 0. The van der Waals surface area contributed by atoms with Crippen molar-refractivity contribution in [2.24, 2.45) is 0 Å². The summed E-state index contributed by atoms with van der Waals surface area (Å²) in [5.74, 6) is -3.06.